The number of fused-ring (bicyclic) bond motifs is 5. The smallest absolute Gasteiger partial charge is 0.343 e. The van der Waals surface area contributed by atoms with Crippen molar-refractivity contribution < 1.29 is 72.1 Å². The summed E-state index contributed by atoms with van der Waals surface area (Å²) >= 11 is 0. The molecule has 8 rings (SSSR count). The van der Waals surface area contributed by atoms with Gasteiger partial charge in [-0.3, -0.25) is 57.6 Å². The molecule has 2 aromatic heterocycles. The molecule has 5 heterocycles. The molecule has 0 fully saturated rings. The van der Waals surface area contributed by atoms with E-state index in [1.165, 1.54) is 10.6 Å². The number of ether oxygens (including phenoxy) is 1. The molecule has 4 aliphatic rings. The fourth-order valence-corrected chi connectivity index (χ4v) is 10.6. The van der Waals surface area contributed by atoms with Gasteiger partial charge < -0.3 is 56.7 Å². The summed E-state index contributed by atoms with van der Waals surface area (Å²) in [5.74, 6) is -9.53. The number of nitrogens with two attached hydrogens (primary N) is 1. The van der Waals surface area contributed by atoms with E-state index in [4.69, 9.17) is 20.6 Å². The van der Waals surface area contributed by atoms with Gasteiger partial charge in [-0.2, -0.15) is 0 Å². The Kier molecular flexibility index (Phi) is 17.5. The van der Waals surface area contributed by atoms with Crippen LogP contribution in [0.5, 0.6) is 0 Å². The monoisotopic (exact) mass is 1120 g/mol. The fraction of sp³-hybridized carbons (Fsp3) is 0.400. The summed E-state index contributed by atoms with van der Waals surface area (Å²) < 4.78 is 22.2. The van der Waals surface area contributed by atoms with Gasteiger partial charge in [0.1, 0.15) is 24.5 Å². The molecule has 1 aliphatic carbocycles. The zero-order valence-electron chi connectivity index (χ0n) is 44.2. The van der Waals surface area contributed by atoms with Gasteiger partial charge in [-0.25, -0.2) is 14.2 Å². The van der Waals surface area contributed by atoms with Gasteiger partial charge >= 0.3 is 11.9 Å². The largest absolute Gasteiger partial charge is 0.481 e. The third-order valence-electron chi connectivity index (χ3n) is 14.8. The van der Waals surface area contributed by atoms with Gasteiger partial charge in [-0.15, -0.1) is 0 Å². The van der Waals surface area contributed by atoms with Gasteiger partial charge in [0.05, 0.1) is 54.7 Å². The van der Waals surface area contributed by atoms with Crippen molar-refractivity contribution in [2.24, 2.45) is 5.73 Å². The van der Waals surface area contributed by atoms with Crippen molar-refractivity contribution >= 4 is 76.0 Å². The third kappa shape index (κ3) is 12.5. The van der Waals surface area contributed by atoms with Crippen LogP contribution in [-0.4, -0.2) is 139 Å². The van der Waals surface area contributed by atoms with E-state index in [9.17, 15) is 62.6 Å². The number of halogens is 1. The van der Waals surface area contributed by atoms with Crippen LogP contribution in [-0.2, 0) is 89.1 Å². The Morgan fingerprint density at radius 2 is 1.60 bits per heavy atom. The molecular formula is C55H59FN10O15. The number of nitrogens with zero attached hydrogens (tertiary/aromatic N) is 4. The number of imide groups is 1. The van der Waals surface area contributed by atoms with Crippen LogP contribution in [0.3, 0.4) is 0 Å². The molecule has 9 amide bonds. The molecule has 426 valence electrons. The summed E-state index contributed by atoms with van der Waals surface area (Å²) in [6.45, 7) is 0.592. The molecule has 3 aliphatic heterocycles. The van der Waals surface area contributed by atoms with E-state index in [0.29, 0.717) is 62.3 Å². The Balaban J connectivity index is 0.886. The van der Waals surface area contributed by atoms with Gasteiger partial charge in [0.15, 0.2) is 5.60 Å². The topological polar surface area (TPSA) is 365 Å². The van der Waals surface area contributed by atoms with Crippen LogP contribution in [0.2, 0.25) is 0 Å². The van der Waals surface area contributed by atoms with Crippen LogP contribution in [0.4, 0.5) is 4.39 Å². The summed E-state index contributed by atoms with van der Waals surface area (Å²) in [5.41, 5.74) is 7.12. The first kappa shape index (κ1) is 58.0. The number of esters is 1. The number of cyclic esters (lactones) is 1. The van der Waals surface area contributed by atoms with E-state index < -0.39 is 126 Å². The van der Waals surface area contributed by atoms with Crippen molar-refractivity contribution in [2.75, 3.05) is 32.7 Å². The minimum absolute atomic E-state index is 0.0155. The van der Waals surface area contributed by atoms with E-state index >= 15 is 4.39 Å². The average Bonchev–Trinajstić information content (AvgIpc) is 4.02. The lowest BCUT2D eigenvalue weighted by molar-refractivity contribution is -0.172. The fourth-order valence-electron chi connectivity index (χ4n) is 10.6. The van der Waals surface area contributed by atoms with Gasteiger partial charge in [-0.1, -0.05) is 37.3 Å². The van der Waals surface area contributed by atoms with Gasteiger partial charge in [0.2, 0.25) is 41.4 Å². The molecular weight excluding hydrogens is 1060 g/mol. The predicted molar refractivity (Wildman–Crippen MR) is 281 cm³/mol. The highest BCUT2D eigenvalue weighted by atomic mass is 19.1. The number of carbonyl (C=O) groups excluding carboxylic acids is 10. The summed E-state index contributed by atoms with van der Waals surface area (Å²) in [4.78, 5) is 161. The number of pyridine rings is 2. The first-order valence-corrected chi connectivity index (χ1v) is 26.2. The SMILES string of the molecule is CC[C@@]1(O)C(=O)OCc2c1cc1n(c2=O)Cc2c-1nc1cc(F)c(C)c3c1c2[C@@H](NC(=O)CCCN(CC(N)=O)C(=O)[C@H](Cc1ccccc1)NC(=O)CNC(=O)CNC(=O)CCNC(=O)[C@H](CCC(=O)O)N1C(=O)C=CC1=O)CC3. The Morgan fingerprint density at radius 3 is 2.30 bits per heavy atom. The van der Waals surface area contributed by atoms with Gasteiger partial charge in [-0.05, 0) is 67.3 Å². The summed E-state index contributed by atoms with van der Waals surface area (Å²) in [6, 6.07) is 8.01. The number of hydrogen-bond acceptors (Lipinski definition) is 15. The number of amides is 9. The van der Waals surface area contributed by atoms with E-state index in [-0.39, 0.29) is 81.4 Å². The normalized spacial score (nSPS) is 17.3. The Morgan fingerprint density at radius 1 is 0.901 bits per heavy atom. The Hall–Kier alpha value is -9.20. The second-order valence-corrected chi connectivity index (χ2v) is 20.0. The first-order chi connectivity index (χ1) is 38.6. The molecule has 0 spiro atoms. The Bertz CT molecular complexity index is 3380. The molecule has 0 saturated heterocycles. The van der Waals surface area contributed by atoms with Crippen molar-refractivity contribution in [3.8, 4) is 11.4 Å². The second-order valence-electron chi connectivity index (χ2n) is 20.0. The molecule has 0 bridgehead atoms. The highest BCUT2D eigenvalue weighted by Gasteiger charge is 2.46. The number of aryl methyl sites for hydroxylation is 1. The zero-order valence-corrected chi connectivity index (χ0v) is 44.2. The number of aliphatic hydroxyl groups is 1. The molecule has 0 unspecified atom stereocenters. The highest BCUT2D eigenvalue weighted by molar-refractivity contribution is 6.15. The maximum Gasteiger partial charge on any atom is 0.343 e. The van der Waals surface area contributed by atoms with Crippen LogP contribution >= 0.6 is 0 Å². The lowest BCUT2D eigenvalue weighted by atomic mass is 9.81. The lowest BCUT2D eigenvalue weighted by Crippen LogP contribution is -2.53. The molecule has 2 aromatic carbocycles. The minimum Gasteiger partial charge on any atom is -0.481 e. The summed E-state index contributed by atoms with van der Waals surface area (Å²) in [6.07, 6.45) is 1.04. The highest BCUT2D eigenvalue weighted by Crippen LogP contribution is 2.46. The molecule has 0 radical (unpaired) electrons. The zero-order chi connectivity index (χ0) is 58.4. The molecule has 0 saturated carbocycles. The summed E-state index contributed by atoms with van der Waals surface area (Å²) in [7, 11) is 0. The number of carbonyl (C=O) groups is 11. The number of rotatable bonds is 24. The summed E-state index contributed by atoms with van der Waals surface area (Å²) in [5, 5.41) is 33.8. The van der Waals surface area contributed by atoms with Crippen molar-refractivity contribution in [2.45, 2.75) is 109 Å². The molecule has 4 aromatic rings. The molecule has 4 atom stereocenters. The van der Waals surface area contributed by atoms with Gasteiger partial charge in [0, 0.05) is 73.5 Å². The standard InChI is InChI=1S/C55H59FN10O15/c1-3-55(80)33-21-39-50-31(25-65(39)52(77)32(33)27-81-54(55)79)49-35(12-11-30-28(2)34(56)22-36(63-50)48(30)49)61-42(69)10-7-19-64(26-40(57)67)53(78)37(20-29-8-5-4-6-9-29)62-44(71)24-60-43(70)23-59-41(68)17-18-58-51(76)38(13-16-47(74)75)66-45(72)14-15-46(66)73/h4-6,8-9,14-15,21-22,35,37-38,80H,3,7,10-13,16-20,23-27H2,1-2H3,(H2,57,67)(H,58,76)(H,59,68)(H,60,70)(H,61,69)(H,62,71)(H,74,75)/t35-,37-,38-,55-/m0/s1. The van der Waals surface area contributed by atoms with Crippen LogP contribution in [0.25, 0.3) is 22.3 Å². The lowest BCUT2D eigenvalue weighted by Gasteiger charge is -2.31. The quantitative estimate of drug-likeness (QED) is 0.0281. The number of aliphatic carboxylic acids is 1. The maximum absolute atomic E-state index is 15.5. The van der Waals surface area contributed by atoms with Crippen molar-refractivity contribution in [3.05, 3.63) is 110 Å². The van der Waals surface area contributed by atoms with Crippen molar-refractivity contribution in [1.82, 2.24) is 45.9 Å². The van der Waals surface area contributed by atoms with Crippen LogP contribution in [0, 0.1) is 12.7 Å². The van der Waals surface area contributed by atoms with Crippen LogP contribution in [0.15, 0.2) is 59.4 Å². The number of aromatic nitrogens is 2. The van der Waals surface area contributed by atoms with Crippen molar-refractivity contribution in [1.29, 1.82) is 0 Å². The van der Waals surface area contributed by atoms with Crippen molar-refractivity contribution in [3.63, 3.8) is 0 Å². The predicted octanol–water partition coefficient (Wildman–Crippen LogP) is -0.651. The molecule has 81 heavy (non-hydrogen) atoms. The van der Waals surface area contributed by atoms with E-state index in [0.717, 1.165) is 17.1 Å². The number of benzene rings is 2. The minimum atomic E-state index is -2.08. The van der Waals surface area contributed by atoms with Gasteiger partial charge in [0.25, 0.3) is 17.4 Å². The number of carboxylic acid groups (broad SMARTS) is 1. The number of primary amides is 1. The van der Waals surface area contributed by atoms with Crippen LogP contribution < -0.4 is 37.9 Å². The number of nitrogens with one attached hydrogen (secondary N) is 5. The van der Waals surface area contributed by atoms with E-state index in [1.807, 2.05) is 0 Å². The molecule has 25 nitrogen and oxygen atoms in total. The first-order valence-electron chi connectivity index (χ1n) is 26.2. The average molecular weight is 1120 g/mol. The van der Waals surface area contributed by atoms with Crippen LogP contribution in [0.1, 0.15) is 96.9 Å². The second kappa shape index (κ2) is 24.4. The number of hydrogen-bond donors (Lipinski definition) is 8. The third-order valence-corrected chi connectivity index (χ3v) is 14.8. The number of carboxylic acids is 1. The van der Waals surface area contributed by atoms with E-state index in [2.05, 4.69) is 26.6 Å². The van der Waals surface area contributed by atoms with E-state index in [1.54, 1.807) is 50.2 Å². The Labute approximate surface area is 460 Å². The molecule has 26 heteroatoms. The molecule has 9 N–H and O–H groups in total. The maximum atomic E-state index is 15.5.